The number of sulfone groups is 1. The highest BCUT2D eigenvalue weighted by atomic mass is 32.2. The van der Waals surface area contributed by atoms with Crippen molar-refractivity contribution in [3.63, 3.8) is 0 Å². The minimum absolute atomic E-state index is 0.137. The van der Waals surface area contributed by atoms with E-state index < -0.39 is 15.1 Å². The maximum absolute atomic E-state index is 11.5. The Morgan fingerprint density at radius 3 is 2.42 bits per heavy atom. The fourth-order valence-corrected chi connectivity index (χ4v) is 1.93. The molecule has 0 aromatic carbocycles. The number of imidazole rings is 1. The summed E-state index contributed by atoms with van der Waals surface area (Å²) in [7, 11) is -1.54. The van der Waals surface area contributed by atoms with Crippen LogP contribution < -0.4 is 0 Å². The van der Waals surface area contributed by atoms with Crippen LogP contribution in [0.15, 0.2) is 17.6 Å². The molecule has 0 amide bonds. The van der Waals surface area contributed by atoms with Gasteiger partial charge in [-0.25, -0.2) is 13.4 Å². The topological polar surface area (TPSA) is 52.0 Å². The highest BCUT2D eigenvalue weighted by molar-refractivity contribution is 7.91. The van der Waals surface area contributed by atoms with Crippen molar-refractivity contribution in [2.75, 3.05) is 0 Å². The molecule has 4 nitrogen and oxygen atoms in total. The van der Waals surface area contributed by atoms with Crippen molar-refractivity contribution in [1.82, 2.24) is 9.55 Å². The van der Waals surface area contributed by atoms with Crippen LogP contribution >= 0.6 is 0 Å². The van der Waals surface area contributed by atoms with Crippen LogP contribution in [0.25, 0.3) is 0 Å². The first-order valence-corrected chi connectivity index (χ1v) is 5.22. The summed E-state index contributed by atoms with van der Waals surface area (Å²) < 4.78 is 24.6. The van der Waals surface area contributed by atoms with Crippen LogP contribution in [0, 0.1) is 0 Å². The lowest BCUT2D eigenvalue weighted by Gasteiger charge is -2.06. The number of nitrogens with zero attached hydrogens (tertiary/aromatic N) is 2. The number of hydrogen-bond donors (Lipinski definition) is 0. The maximum Gasteiger partial charge on any atom is 0.227 e. The van der Waals surface area contributed by atoms with Crippen LogP contribution in [0.1, 0.15) is 13.8 Å². The van der Waals surface area contributed by atoms with Gasteiger partial charge in [0.2, 0.25) is 15.0 Å². The molecule has 0 saturated heterocycles. The third-order valence-electron chi connectivity index (χ3n) is 1.65. The van der Waals surface area contributed by atoms with E-state index in [1.165, 1.54) is 10.8 Å². The number of aromatic nitrogens is 2. The van der Waals surface area contributed by atoms with Crippen LogP contribution in [-0.4, -0.2) is 23.2 Å². The Morgan fingerprint density at radius 2 is 2.08 bits per heavy atom. The van der Waals surface area contributed by atoms with Crippen molar-refractivity contribution in [3.8, 4) is 0 Å². The molecule has 0 aliphatic carbocycles. The molecule has 0 radical (unpaired) electrons. The predicted octanol–water partition coefficient (Wildman–Crippen LogP) is 0.602. The fraction of sp³-hybridized carbons (Fsp3) is 0.571. The molecule has 1 rings (SSSR count). The van der Waals surface area contributed by atoms with Crippen molar-refractivity contribution >= 4 is 9.84 Å². The SMILES string of the molecule is CC(C)S(=O)(=O)c1nccn1C. The number of hydrogen-bond acceptors (Lipinski definition) is 3. The lowest BCUT2D eigenvalue weighted by atomic mass is 10.6. The fourth-order valence-electron chi connectivity index (χ4n) is 0.837. The van der Waals surface area contributed by atoms with Gasteiger partial charge in [0.05, 0.1) is 5.25 Å². The summed E-state index contributed by atoms with van der Waals surface area (Å²) in [6.07, 6.45) is 3.10. The zero-order valence-corrected chi connectivity index (χ0v) is 8.17. The number of aryl methyl sites for hydroxylation is 1. The van der Waals surface area contributed by atoms with Crippen LogP contribution in [0.3, 0.4) is 0 Å². The zero-order chi connectivity index (χ0) is 9.35. The predicted molar refractivity (Wildman–Crippen MR) is 45.5 cm³/mol. The van der Waals surface area contributed by atoms with E-state index in [1.54, 1.807) is 27.1 Å². The second-order valence-electron chi connectivity index (χ2n) is 2.91. The highest BCUT2D eigenvalue weighted by Gasteiger charge is 2.22. The second kappa shape index (κ2) is 2.90. The minimum Gasteiger partial charge on any atom is -0.325 e. The Balaban J connectivity index is 3.24. The van der Waals surface area contributed by atoms with Crippen molar-refractivity contribution in [3.05, 3.63) is 12.4 Å². The molecule has 0 fully saturated rings. The molecular weight excluding hydrogens is 176 g/mol. The summed E-state index contributed by atoms with van der Waals surface area (Å²) in [6, 6.07) is 0. The zero-order valence-electron chi connectivity index (χ0n) is 7.35. The van der Waals surface area contributed by atoms with Crippen LogP contribution in [-0.2, 0) is 16.9 Å². The van der Waals surface area contributed by atoms with Crippen molar-refractivity contribution in [1.29, 1.82) is 0 Å². The van der Waals surface area contributed by atoms with E-state index in [-0.39, 0.29) is 5.16 Å². The molecule has 0 N–H and O–H groups in total. The van der Waals surface area contributed by atoms with Crippen molar-refractivity contribution in [2.24, 2.45) is 7.05 Å². The number of rotatable bonds is 2. The van der Waals surface area contributed by atoms with Crippen molar-refractivity contribution in [2.45, 2.75) is 24.3 Å². The molecule has 0 aliphatic heterocycles. The first kappa shape index (κ1) is 9.25. The van der Waals surface area contributed by atoms with Crippen molar-refractivity contribution < 1.29 is 8.42 Å². The van der Waals surface area contributed by atoms with Gasteiger partial charge in [-0.3, -0.25) is 0 Å². The first-order chi connectivity index (χ1) is 5.46. The van der Waals surface area contributed by atoms with Gasteiger partial charge < -0.3 is 4.57 Å². The molecule has 1 aromatic rings. The Kier molecular flexibility index (Phi) is 2.23. The summed E-state index contributed by atoms with van der Waals surface area (Å²) in [5, 5.41) is -0.281. The van der Waals surface area contributed by atoms with Crippen LogP contribution in [0.5, 0.6) is 0 Å². The van der Waals surface area contributed by atoms with Gasteiger partial charge in [-0.2, -0.15) is 0 Å². The quantitative estimate of drug-likeness (QED) is 0.683. The molecule has 0 unspecified atom stereocenters. The Morgan fingerprint density at radius 1 is 1.50 bits per heavy atom. The van der Waals surface area contributed by atoms with Gasteiger partial charge in [-0.05, 0) is 13.8 Å². The van der Waals surface area contributed by atoms with Gasteiger partial charge in [-0.15, -0.1) is 0 Å². The Hall–Kier alpha value is -0.840. The average molecular weight is 188 g/mol. The first-order valence-electron chi connectivity index (χ1n) is 3.67. The molecule has 0 spiro atoms. The molecule has 1 heterocycles. The molecule has 5 heteroatoms. The largest absolute Gasteiger partial charge is 0.325 e. The average Bonchev–Trinajstić information content (AvgIpc) is 2.35. The third-order valence-corrected chi connectivity index (χ3v) is 3.80. The second-order valence-corrected chi connectivity index (χ2v) is 5.31. The lowest BCUT2D eigenvalue weighted by Crippen LogP contribution is -2.17. The van der Waals surface area contributed by atoms with Gasteiger partial charge in [-0.1, -0.05) is 0 Å². The van der Waals surface area contributed by atoms with Gasteiger partial charge in [0.25, 0.3) is 0 Å². The molecule has 0 aliphatic rings. The summed E-state index contributed by atoms with van der Waals surface area (Å²) in [5.74, 6) is 0. The standard InChI is InChI=1S/C7H12N2O2S/c1-6(2)12(10,11)7-8-4-5-9(7)3/h4-6H,1-3H3. The van der Waals surface area contributed by atoms with E-state index in [0.29, 0.717) is 0 Å². The van der Waals surface area contributed by atoms with E-state index in [9.17, 15) is 8.42 Å². The summed E-state index contributed by atoms with van der Waals surface area (Å²) >= 11 is 0. The molecule has 68 valence electrons. The molecule has 0 bridgehead atoms. The molecule has 0 atom stereocenters. The maximum atomic E-state index is 11.5. The molecule has 1 aromatic heterocycles. The summed E-state index contributed by atoms with van der Waals surface area (Å²) in [4.78, 5) is 3.78. The van der Waals surface area contributed by atoms with Gasteiger partial charge in [0.15, 0.2) is 0 Å². The van der Waals surface area contributed by atoms with Gasteiger partial charge in [0, 0.05) is 19.4 Å². The Bertz CT molecular complexity index is 365. The highest BCUT2D eigenvalue weighted by Crippen LogP contribution is 2.11. The Labute approximate surface area is 72.2 Å². The normalized spacial score (nSPS) is 12.3. The summed E-state index contributed by atoms with van der Waals surface area (Å²) in [6.45, 7) is 3.29. The van der Waals surface area contributed by atoms with Gasteiger partial charge in [0.1, 0.15) is 0 Å². The summed E-state index contributed by atoms with van der Waals surface area (Å²) in [5.41, 5.74) is 0. The van der Waals surface area contributed by atoms with E-state index in [1.807, 2.05) is 0 Å². The van der Waals surface area contributed by atoms with E-state index in [4.69, 9.17) is 0 Å². The molecular formula is C7H12N2O2S. The van der Waals surface area contributed by atoms with Crippen LogP contribution in [0.4, 0.5) is 0 Å². The lowest BCUT2D eigenvalue weighted by molar-refractivity contribution is 0.570. The molecule has 0 saturated carbocycles. The minimum atomic E-state index is -3.21. The molecule has 12 heavy (non-hydrogen) atoms. The third kappa shape index (κ3) is 1.36. The van der Waals surface area contributed by atoms with Gasteiger partial charge >= 0.3 is 0 Å². The monoisotopic (exact) mass is 188 g/mol. The smallest absolute Gasteiger partial charge is 0.227 e. The van der Waals surface area contributed by atoms with E-state index in [0.717, 1.165) is 0 Å². The van der Waals surface area contributed by atoms with E-state index >= 15 is 0 Å². The van der Waals surface area contributed by atoms with E-state index in [2.05, 4.69) is 4.98 Å². The van der Waals surface area contributed by atoms with Crippen LogP contribution in [0.2, 0.25) is 0 Å².